The van der Waals surface area contributed by atoms with Crippen LogP contribution in [0.25, 0.3) is 22.1 Å². The molecule has 0 atom stereocenters. The van der Waals surface area contributed by atoms with Gasteiger partial charge < -0.3 is 5.11 Å². The minimum Gasteiger partial charge on any atom is -0.506 e. The number of halogens is 2. The van der Waals surface area contributed by atoms with Crippen molar-refractivity contribution in [3.8, 4) is 5.75 Å². The first-order valence-corrected chi connectivity index (χ1v) is 10.4. The van der Waals surface area contributed by atoms with Gasteiger partial charge in [-0.1, -0.05) is 11.3 Å². The van der Waals surface area contributed by atoms with E-state index in [1.54, 1.807) is 10.5 Å². The summed E-state index contributed by atoms with van der Waals surface area (Å²) in [6.07, 6.45) is 1.74. The fourth-order valence-electron chi connectivity index (χ4n) is 2.76. The molecule has 4 rings (SSSR count). The smallest absolute Gasteiger partial charge is 0.274 e. The summed E-state index contributed by atoms with van der Waals surface area (Å²) in [5.41, 5.74) is 4.52. The van der Waals surface area contributed by atoms with Gasteiger partial charge in [-0.2, -0.15) is 0 Å². The van der Waals surface area contributed by atoms with Crippen LogP contribution in [0.5, 0.6) is 5.75 Å². The molecule has 0 fully saturated rings. The average Bonchev–Trinajstić information content (AvgIpc) is 3.02. The molecule has 2 aromatic heterocycles. The van der Waals surface area contributed by atoms with E-state index in [1.165, 1.54) is 11.3 Å². The summed E-state index contributed by atoms with van der Waals surface area (Å²) in [4.78, 5) is 18.2. The molecule has 7 heteroatoms. The number of aromatic hydroxyl groups is 1. The third-order valence-electron chi connectivity index (χ3n) is 4.20. The maximum atomic E-state index is 12.9. The molecule has 0 aliphatic heterocycles. The van der Waals surface area contributed by atoms with Crippen LogP contribution < -0.4 is 10.1 Å². The molecule has 0 spiro atoms. The number of phenols is 1. The van der Waals surface area contributed by atoms with Gasteiger partial charge >= 0.3 is 0 Å². The van der Waals surface area contributed by atoms with E-state index in [4.69, 9.17) is 0 Å². The number of phenolic OH excluding ortho intramolecular Hbond substituents is 1. The number of rotatable bonds is 1. The number of aromatic nitrogens is 2. The van der Waals surface area contributed by atoms with Crippen LogP contribution >= 0.6 is 56.5 Å². The van der Waals surface area contributed by atoms with E-state index in [0.717, 1.165) is 29.3 Å². The van der Waals surface area contributed by atoms with Gasteiger partial charge in [0.1, 0.15) is 5.75 Å². The zero-order chi connectivity index (χ0) is 17.9. The third-order valence-corrected chi connectivity index (χ3v) is 6.61. The largest absolute Gasteiger partial charge is 0.506 e. The standard InChI is InChI=1S/C18H12I2N2O2S/c1-8-3-13-14(4-9(8)2)22-17(24)15(25-18(22)21-13)6-10-5-11(19)7-12(20)16(10)23/h3-7,23H,1-2H3/b15-6-. The number of fused-ring (bicyclic) bond motifs is 3. The van der Waals surface area contributed by atoms with Gasteiger partial charge in [0.2, 0.25) is 0 Å². The van der Waals surface area contributed by atoms with Crippen LogP contribution in [-0.4, -0.2) is 14.5 Å². The van der Waals surface area contributed by atoms with Crippen molar-refractivity contribution in [3.63, 3.8) is 0 Å². The van der Waals surface area contributed by atoms with E-state index in [0.29, 0.717) is 15.1 Å². The highest BCUT2D eigenvalue weighted by Crippen LogP contribution is 2.27. The van der Waals surface area contributed by atoms with Crippen LogP contribution in [0.1, 0.15) is 16.7 Å². The van der Waals surface area contributed by atoms with Crippen molar-refractivity contribution >= 4 is 78.6 Å². The molecule has 0 saturated carbocycles. The lowest BCUT2D eigenvalue weighted by Gasteiger charge is -2.02. The summed E-state index contributed by atoms with van der Waals surface area (Å²) in [5.74, 6) is 0.197. The van der Waals surface area contributed by atoms with Crippen LogP contribution in [0.15, 0.2) is 29.1 Å². The number of hydrogen-bond donors (Lipinski definition) is 1. The highest BCUT2D eigenvalue weighted by Gasteiger charge is 2.13. The molecule has 0 aliphatic rings. The summed E-state index contributed by atoms with van der Waals surface area (Å²) in [5, 5.41) is 10.3. The number of imidazole rings is 1. The Morgan fingerprint density at radius 3 is 2.64 bits per heavy atom. The Morgan fingerprint density at radius 2 is 1.88 bits per heavy atom. The van der Waals surface area contributed by atoms with Gasteiger partial charge in [-0.25, -0.2) is 9.38 Å². The van der Waals surface area contributed by atoms with Crippen LogP contribution in [-0.2, 0) is 0 Å². The Hall–Kier alpha value is -1.20. The Kier molecular flexibility index (Phi) is 4.27. The molecular formula is C18H12I2N2O2S. The summed E-state index contributed by atoms with van der Waals surface area (Å²) in [6.45, 7) is 4.07. The summed E-state index contributed by atoms with van der Waals surface area (Å²) in [6, 6.07) is 7.78. The zero-order valence-corrected chi connectivity index (χ0v) is 18.4. The van der Waals surface area contributed by atoms with Crippen LogP contribution in [0.2, 0.25) is 0 Å². The summed E-state index contributed by atoms with van der Waals surface area (Å²) >= 11 is 5.64. The first-order chi connectivity index (χ1) is 11.8. The van der Waals surface area contributed by atoms with Crippen LogP contribution in [0, 0.1) is 21.0 Å². The van der Waals surface area contributed by atoms with Crippen molar-refractivity contribution in [3.05, 3.63) is 63.0 Å². The van der Waals surface area contributed by atoms with Crippen molar-refractivity contribution in [2.24, 2.45) is 0 Å². The fraction of sp³-hybridized carbons (Fsp3) is 0.111. The molecule has 0 aliphatic carbocycles. The van der Waals surface area contributed by atoms with E-state index in [2.05, 4.69) is 50.2 Å². The maximum absolute atomic E-state index is 12.9. The molecule has 0 bridgehead atoms. The van der Waals surface area contributed by atoms with E-state index >= 15 is 0 Å². The van der Waals surface area contributed by atoms with Gasteiger partial charge in [0, 0.05) is 9.13 Å². The SMILES string of the molecule is Cc1cc2nc3s/c(=C\c4cc(I)cc(I)c4O)c(=O)n3c2cc1C. The molecule has 126 valence electrons. The Bertz CT molecular complexity index is 1270. The van der Waals surface area contributed by atoms with Gasteiger partial charge in [-0.05, 0) is 100 Å². The fourth-order valence-corrected chi connectivity index (χ4v) is 5.62. The van der Waals surface area contributed by atoms with Crippen molar-refractivity contribution < 1.29 is 5.11 Å². The number of aryl methyl sites for hydroxylation is 2. The van der Waals surface area contributed by atoms with Gasteiger partial charge in [0.25, 0.3) is 5.56 Å². The second-order valence-electron chi connectivity index (χ2n) is 5.90. The molecule has 4 aromatic rings. The molecule has 1 N–H and O–H groups in total. The topological polar surface area (TPSA) is 54.6 Å². The lowest BCUT2D eigenvalue weighted by molar-refractivity contribution is 0.470. The van der Waals surface area contributed by atoms with Gasteiger partial charge in [-0.15, -0.1) is 0 Å². The van der Waals surface area contributed by atoms with Crippen molar-refractivity contribution in [2.75, 3.05) is 0 Å². The molecule has 0 unspecified atom stereocenters. The molecular weight excluding hydrogens is 562 g/mol. The highest BCUT2D eigenvalue weighted by molar-refractivity contribution is 14.1. The first kappa shape index (κ1) is 17.2. The van der Waals surface area contributed by atoms with Gasteiger partial charge in [0.05, 0.1) is 19.1 Å². The second-order valence-corrected chi connectivity index (χ2v) is 9.31. The van der Waals surface area contributed by atoms with Crippen molar-refractivity contribution in [1.82, 2.24) is 9.38 Å². The van der Waals surface area contributed by atoms with Gasteiger partial charge in [-0.3, -0.25) is 4.79 Å². The highest BCUT2D eigenvalue weighted by atomic mass is 127. The zero-order valence-electron chi connectivity index (χ0n) is 13.3. The lowest BCUT2D eigenvalue weighted by Crippen LogP contribution is -2.22. The minimum absolute atomic E-state index is 0.0981. The van der Waals surface area contributed by atoms with E-state index in [-0.39, 0.29) is 11.3 Å². The Labute approximate surface area is 174 Å². The molecule has 2 aromatic carbocycles. The predicted octanol–water partition coefficient (Wildman–Crippen LogP) is 3.99. The number of benzene rings is 2. The monoisotopic (exact) mass is 574 g/mol. The van der Waals surface area contributed by atoms with Crippen LogP contribution in [0.3, 0.4) is 0 Å². The molecule has 2 heterocycles. The lowest BCUT2D eigenvalue weighted by atomic mass is 10.1. The molecule has 25 heavy (non-hydrogen) atoms. The van der Waals surface area contributed by atoms with Crippen LogP contribution in [0.4, 0.5) is 0 Å². The summed E-state index contributed by atoms with van der Waals surface area (Å²) < 4.78 is 4.00. The van der Waals surface area contributed by atoms with Crippen molar-refractivity contribution in [1.29, 1.82) is 0 Å². The second kappa shape index (κ2) is 6.20. The number of thiazole rings is 1. The molecule has 4 nitrogen and oxygen atoms in total. The number of nitrogens with zero attached hydrogens (tertiary/aromatic N) is 2. The maximum Gasteiger partial charge on any atom is 0.274 e. The van der Waals surface area contributed by atoms with E-state index < -0.39 is 0 Å². The normalized spacial score (nSPS) is 12.6. The molecule has 0 radical (unpaired) electrons. The Morgan fingerprint density at radius 1 is 1.16 bits per heavy atom. The average molecular weight is 574 g/mol. The van der Waals surface area contributed by atoms with E-state index in [9.17, 15) is 9.90 Å². The quantitative estimate of drug-likeness (QED) is 0.350. The molecule has 0 saturated heterocycles. The number of hydrogen-bond acceptors (Lipinski definition) is 4. The van der Waals surface area contributed by atoms with Crippen molar-refractivity contribution in [2.45, 2.75) is 13.8 Å². The third kappa shape index (κ3) is 2.85. The van der Waals surface area contributed by atoms with Gasteiger partial charge in [0.15, 0.2) is 4.96 Å². The predicted molar refractivity (Wildman–Crippen MR) is 119 cm³/mol. The molecule has 0 amide bonds. The first-order valence-electron chi connectivity index (χ1n) is 7.47. The Balaban J connectivity index is 2.03. The summed E-state index contributed by atoms with van der Waals surface area (Å²) in [7, 11) is 0. The minimum atomic E-state index is -0.0981. The van der Waals surface area contributed by atoms with E-state index in [1.807, 2.05) is 38.1 Å².